The Kier molecular flexibility index (Phi) is 9.84. The van der Waals surface area contributed by atoms with Crippen LogP contribution in [0, 0.1) is 11.8 Å². The van der Waals surface area contributed by atoms with E-state index in [2.05, 4.69) is 39.4 Å². The van der Waals surface area contributed by atoms with Crippen molar-refractivity contribution in [1.29, 1.82) is 0 Å². The monoisotopic (exact) mass is 537 g/mol. The van der Waals surface area contributed by atoms with Crippen LogP contribution < -0.4 is 5.32 Å². The highest BCUT2D eigenvalue weighted by Gasteiger charge is 2.46. The first-order chi connectivity index (χ1) is 18.0. The average molecular weight is 538 g/mol. The lowest BCUT2D eigenvalue weighted by atomic mass is 9.95. The molecular weight excluding hydrogens is 507 g/mol. The number of fused-ring (bicyclic) bond motifs is 1. The Morgan fingerprint density at radius 2 is 1.74 bits per heavy atom. The maximum atomic E-state index is 12.6. The first kappa shape index (κ1) is 29.1. The Labute approximate surface area is 217 Å². The van der Waals surface area contributed by atoms with E-state index in [9.17, 15) is 27.9 Å². The van der Waals surface area contributed by atoms with E-state index < -0.39 is 18.1 Å². The average Bonchev–Trinajstić information content (AvgIpc) is 3.40. The molecule has 0 radical (unpaired) electrons. The molecule has 12 heteroatoms. The second-order valence-electron chi connectivity index (χ2n) is 9.21. The molecule has 2 fully saturated rings. The summed E-state index contributed by atoms with van der Waals surface area (Å²) in [6.45, 7) is 3.91. The second kappa shape index (κ2) is 12.9. The van der Waals surface area contributed by atoms with E-state index in [1.807, 2.05) is 6.07 Å². The Morgan fingerprint density at radius 1 is 1.05 bits per heavy atom. The van der Waals surface area contributed by atoms with E-state index in [1.54, 1.807) is 24.3 Å². The maximum Gasteiger partial charge on any atom is 0.490 e. The summed E-state index contributed by atoms with van der Waals surface area (Å²) < 4.78 is 36.5. The zero-order valence-electron chi connectivity index (χ0n) is 20.7. The number of methoxy groups -OCH3 is 1. The number of carbonyl (C=O) groups excluding carboxylic acids is 2. The number of aliphatic carboxylic acids is 1. The van der Waals surface area contributed by atoms with E-state index >= 15 is 0 Å². The molecule has 0 saturated carbocycles. The van der Waals surface area contributed by atoms with Gasteiger partial charge in [0.2, 0.25) is 5.91 Å². The predicted octanol–water partition coefficient (Wildman–Crippen LogP) is 2.47. The van der Waals surface area contributed by atoms with Crippen LogP contribution in [-0.2, 0) is 20.9 Å². The molecule has 2 aromatic carbocycles. The number of alkyl halides is 3. The normalized spacial score (nSPS) is 21.2. The summed E-state index contributed by atoms with van der Waals surface area (Å²) in [5, 5.41) is 20.0. The molecule has 2 aromatic rings. The van der Waals surface area contributed by atoms with Crippen molar-refractivity contribution in [2.75, 3.05) is 45.2 Å². The van der Waals surface area contributed by atoms with Crippen LogP contribution in [0.25, 0.3) is 0 Å². The summed E-state index contributed by atoms with van der Waals surface area (Å²) in [6.07, 6.45) is -5.08. The summed E-state index contributed by atoms with van der Waals surface area (Å²) in [6, 6.07) is 17.1. The minimum Gasteiger partial charge on any atom is -0.475 e. The number of carbonyl (C=O) groups is 3. The van der Waals surface area contributed by atoms with Crippen molar-refractivity contribution >= 4 is 23.5 Å². The number of hydrogen-bond donors (Lipinski definition) is 3. The van der Waals surface area contributed by atoms with Crippen molar-refractivity contribution < 1.29 is 42.5 Å². The van der Waals surface area contributed by atoms with E-state index in [0.717, 1.165) is 26.2 Å². The van der Waals surface area contributed by atoms with Crippen LogP contribution in [0.2, 0.25) is 0 Å². The maximum absolute atomic E-state index is 12.6. The van der Waals surface area contributed by atoms with Crippen LogP contribution in [0.3, 0.4) is 0 Å². The van der Waals surface area contributed by atoms with Crippen LogP contribution >= 0.6 is 0 Å². The standard InChI is InChI=1S/C24H29N3O4.C2HF3O2/c1-31-24(30)18-8-5-9-20(10-18)25-23(29)15-27-13-19-12-26(14-21(19)22(27)16-28)11-17-6-3-2-4-7-17;3-2(4,5)1(6)7/h2-10,19,21-22,28H,11-16H2,1H3,(H,25,29);(H,6,7)/t19-,21-,22+;/m0./s1. The number of nitrogens with zero attached hydrogens (tertiary/aromatic N) is 2. The van der Waals surface area contributed by atoms with Crippen molar-refractivity contribution in [3.63, 3.8) is 0 Å². The van der Waals surface area contributed by atoms with Gasteiger partial charge in [0.05, 0.1) is 25.8 Å². The van der Waals surface area contributed by atoms with Gasteiger partial charge in [-0.15, -0.1) is 0 Å². The molecule has 0 aromatic heterocycles. The quantitative estimate of drug-likeness (QED) is 0.461. The number of esters is 1. The summed E-state index contributed by atoms with van der Waals surface area (Å²) in [7, 11) is 1.33. The number of amides is 1. The molecule has 38 heavy (non-hydrogen) atoms. The van der Waals surface area contributed by atoms with E-state index in [0.29, 0.717) is 23.1 Å². The summed E-state index contributed by atoms with van der Waals surface area (Å²) in [4.78, 5) is 37.8. The molecule has 1 amide bonds. The zero-order valence-corrected chi connectivity index (χ0v) is 20.7. The molecule has 206 valence electrons. The summed E-state index contributed by atoms with van der Waals surface area (Å²) in [5.41, 5.74) is 2.25. The van der Waals surface area contributed by atoms with Gasteiger partial charge in [-0.3, -0.25) is 14.6 Å². The largest absolute Gasteiger partial charge is 0.490 e. The van der Waals surface area contributed by atoms with Gasteiger partial charge >= 0.3 is 18.1 Å². The first-order valence-electron chi connectivity index (χ1n) is 11.9. The number of likely N-dealkylation sites (tertiary alicyclic amines) is 2. The molecule has 2 aliphatic rings. The lowest BCUT2D eigenvalue weighted by molar-refractivity contribution is -0.192. The van der Waals surface area contributed by atoms with Gasteiger partial charge in [0, 0.05) is 37.9 Å². The SMILES string of the molecule is COC(=O)c1cccc(NC(=O)CN2C[C@@H]3CN(Cc4ccccc4)C[C@@H]3[C@H]2CO)c1.O=C(O)C(F)(F)F. The number of carboxylic acids is 1. The molecule has 0 spiro atoms. The number of anilines is 1. The number of carboxylic acid groups (broad SMARTS) is 1. The molecule has 2 aliphatic heterocycles. The molecule has 0 unspecified atom stereocenters. The van der Waals surface area contributed by atoms with Crippen LogP contribution in [0.1, 0.15) is 15.9 Å². The fraction of sp³-hybridized carbons (Fsp3) is 0.423. The summed E-state index contributed by atoms with van der Waals surface area (Å²) in [5.74, 6) is -2.53. The number of ether oxygens (including phenoxy) is 1. The van der Waals surface area contributed by atoms with Crippen LogP contribution in [0.15, 0.2) is 54.6 Å². The highest BCUT2D eigenvalue weighted by Crippen LogP contribution is 2.36. The van der Waals surface area contributed by atoms with Crippen molar-refractivity contribution in [3.05, 3.63) is 65.7 Å². The fourth-order valence-electron chi connectivity index (χ4n) is 4.96. The molecular formula is C26H30F3N3O6. The minimum absolute atomic E-state index is 0.0158. The van der Waals surface area contributed by atoms with Crippen LogP contribution in [0.5, 0.6) is 0 Å². The Hall–Kier alpha value is -3.48. The van der Waals surface area contributed by atoms with Gasteiger partial charge in [0.15, 0.2) is 0 Å². The van der Waals surface area contributed by atoms with Crippen molar-refractivity contribution in [1.82, 2.24) is 9.80 Å². The molecule has 3 atom stereocenters. The second-order valence-corrected chi connectivity index (χ2v) is 9.21. The van der Waals surface area contributed by atoms with Gasteiger partial charge in [-0.25, -0.2) is 9.59 Å². The zero-order chi connectivity index (χ0) is 27.9. The molecule has 4 rings (SSSR count). The molecule has 9 nitrogen and oxygen atoms in total. The lowest BCUT2D eigenvalue weighted by Gasteiger charge is -2.27. The van der Waals surface area contributed by atoms with E-state index in [1.165, 1.54) is 12.7 Å². The Morgan fingerprint density at radius 3 is 2.34 bits per heavy atom. The van der Waals surface area contributed by atoms with Gasteiger partial charge in [0.25, 0.3) is 0 Å². The third-order valence-corrected chi connectivity index (χ3v) is 6.59. The molecule has 2 saturated heterocycles. The van der Waals surface area contributed by atoms with Crippen molar-refractivity contribution in [2.24, 2.45) is 11.8 Å². The number of halogens is 3. The molecule has 2 heterocycles. The first-order valence-corrected chi connectivity index (χ1v) is 11.9. The van der Waals surface area contributed by atoms with Gasteiger partial charge in [-0.05, 0) is 35.6 Å². The number of aliphatic hydroxyl groups is 1. The number of hydrogen-bond acceptors (Lipinski definition) is 7. The number of benzene rings is 2. The Bertz CT molecular complexity index is 1110. The predicted molar refractivity (Wildman–Crippen MR) is 131 cm³/mol. The van der Waals surface area contributed by atoms with Crippen LogP contribution in [0.4, 0.5) is 18.9 Å². The number of aliphatic hydroxyl groups excluding tert-OH is 1. The molecule has 3 N–H and O–H groups in total. The van der Waals surface area contributed by atoms with Gasteiger partial charge < -0.3 is 20.3 Å². The number of rotatable bonds is 7. The summed E-state index contributed by atoms with van der Waals surface area (Å²) >= 11 is 0. The van der Waals surface area contributed by atoms with Crippen molar-refractivity contribution in [3.8, 4) is 0 Å². The van der Waals surface area contributed by atoms with Gasteiger partial charge in [-0.2, -0.15) is 13.2 Å². The molecule has 0 bridgehead atoms. The third kappa shape index (κ3) is 7.76. The minimum atomic E-state index is -5.08. The fourth-order valence-corrected chi connectivity index (χ4v) is 4.96. The highest BCUT2D eigenvalue weighted by atomic mass is 19.4. The van der Waals surface area contributed by atoms with Crippen molar-refractivity contribution in [2.45, 2.75) is 18.8 Å². The highest BCUT2D eigenvalue weighted by molar-refractivity contribution is 5.95. The van der Waals surface area contributed by atoms with Gasteiger partial charge in [0.1, 0.15) is 0 Å². The topological polar surface area (TPSA) is 119 Å². The lowest BCUT2D eigenvalue weighted by Crippen LogP contribution is -2.42. The van der Waals surface area contributed by atoms with Gasteiger partial charge in [-0.1, -0.05) is 36.4 Å². The smallest absolute Gasteiger partial charge is 0.475 e. The Balaban J connectivity index is 0.000000505. The number of nitrogens with one attached hydrogen (secondary N) is 1. The third-order valence-electron chi connectivity index (χ3n) is 6.59. The van der Waals surface area contributed by atoms with Crippen LogP contribution in [-0.4, -0.2) is 90.0 Å². The van der Waals surface area contributed by atoms with E-state index in [4.69, 9.17) is 14.6 Å². The molecule has 0 aliphatic carbocycles. The van der Waals surface area contributed by atoms with E-state index in [-0.39, 0.29) is 25.1 Å².